The van der Waals surface area contributed by atoms with Crippen LogP contribution in [-0.2, 0) is 16.1 Å². The Hall–Kier alpha value is -3.97. The molecule has 7 nitrogen and oxygen atoms in total. The second-order valence-electron chi connectivity index (χ2n) is 6.97. The third-order valence-electron chi connectivity index (χ3n) is 4.70. The van der Waals surface area contributed by atoms with E-state index in [2.05, 4.69) is 10.4 Å². The number of esters is 1. The van der Waals surface area contributed by atoms with Crippen molar-refractivity contribution < 1.29 is 14.3 Å². The molecule has 160 valence electrons. The molecule has 0 fully saturated rings. The zero-order valence-corrected chi connectivity index (χ0v) is 17.6. The predicted octanol–water partition coefficient (Wildman–Crippen LogP) is 3.89. The van der Waals surface area contributed by atoms with Crippen LogP contribution in [0.1, 0.15) is 16.1 Å². The van der Waals surface area contributed by atoms with E-state index in [4.69, 9.17) is 16.3 Å². The molecule has 1 aromatic heterocycles. The fourth-order valence-corrected chi connectivity index (χ4v) is 3.31. The Labute approximate surface area is 188 Å². The molecule has 1 heterocycles. The van der Waals surface area contributed by atoms with Gasteiger partial charge in [-0.1, -0.05) is 60.1 Å². The van der Waals surface area contributed by atoms with Gasteiger partial charge in [-0.2, -0.15) is 5.10 Å². The van der Waals surface area contributed by atoms with Gasteiger partial charge in [-0.15, -0.1) is 0 Å². The third kappa shape index (κ3) is 4.84. The Bertz CT molecular complexity index is 1340. The molecule has 0 aliphatic carbocycles. The van der Waals surface area contributed by atoms with Gasteiger partial charge < -0.3 is 10.1 Å². The summed E-state index contributed by atoms with van der Waals surface area (Å²) in [5.74, 6) is -1.31. The van der Waals surface area contributed by atoms with Crippen molar-refractivity contribution in [1.29, 1.82) is 0 Å². The fourth-order valence-electron chi connectivity index (χ4n) is 3.18. The number of nitrogens with one attached hydrogen (secondary N) is 1. The molecular weight excluding hydrogens is 430 g/mol. The molecule has 0 atom stereocenters. The van der Waals surface area contributed by atoms with Gasteiger partial charge in [0, 0.05) is 16.1 Å². The first-order valence-electron chi connectivity index (χ1n) is 9.77. The minimum absolute atomic E-state index is 0.0320. The number of ether oxygens (including phenoxy) is 1. The van der Waals surface area contributed by atoms with Crippen LogP contribution in [0.2, 0.25) is 5.02 Å². The van der Waals surface area contributed by atoms with Crippen LogP contribution in [0.25, 0.3) is 10.8 Å². The molecule has 32 heavy (non-hydrogen) atoms. The van der Waals surface area contributed by atoms with Crippen LogP contribution in [0.3, 0.4) is 0 Å². The number of hydrogen-bond acceptors (Lipinski definition) is 5. The summed E-state index contributed by atoms with van der Waals surface area (Å²) in [6.45, 7) is -0.308. The average Bonchev–Trinajstić information content (AvgIpc) is 2.81. The highest BCUT2D eigenvalue weighted by Gasteiger charge is 2.19. The molecule has 1 N–H and O–H groups in total. The number of hydrogen-bond donors (Lipinski definition) is 1. The lowest BCUT2D eigenvalue weighted by atomic mass is 10.1. The Morgan fingerprint density at radius 3 is 2.28 bits per heavy atom. The van der Waals surface area contributed by atoms with Crippen LogP contribution in [-0.4, -0.2) is 28.3 Å². The van der Waals surface area contributed by atoms with Crippen LogP contribution >= 0.6 is 11.6 Å². The van der Waals surface area contributed by atoms with Crippen molar-refractivity contribution in [3.05, 3.63) is 105 Å². The summed E-state index contributed by atoms with van der Waals surface area (Å²) in [5, 5.41) is 8.12. The van der Waals surface area contributed by atoms with E-state index in [1.807, 2.05) is 30.3 Å². The lowest BCUT2D eigenvalue weighted by Crippen LogP contribution is -2.28. The second-order valence-corrected chi connectivity index (χ2v) is 7.41. The van der Waals surface area contributed by atoms with Gasteiger partial charge in [0.2, 0.25) is 0 Å². The van der Waals surface area contributed by atoms with Crippen LogP contribution in [0.5, 0.6) is 0 Å². The van der Waals surface area contributed by atoms with Crippen molar-refractivity contribution in [1.82, 2.24) is 9.78 Å². The Balaban J connectivity index is 1.56. The molecule has 8 heteroatoms. The van der Waals surface area contributed by atoms with E-state index in [1.165, 1.54) is 4.68 Å². The maximum atomic E-state index is 12.9. The molecule has 4 aromatic rings. The van der Waals surface area contributed by atoms with Crippen molar-refractivity contribution in [3.63, 3.8) is 0 Å². The molecule has 0 radical (unpaired) electrons. The Morgan fingerprint density at radius 2 is 1.56 bits per heavy atom. The van der Waals surface area contributed by atoms with E-state index in [0.717, 1.165) is 5.56 Å². The van der Waals surface area contributed by atoms with Gasteiger partial charge in [0.1, 0.15) is 0 Å². The average molecular weight is 448 g/mol. The quantitative estimate of drug-likeness (QED) is 0.453. The number of aromatic nitrogens is 2. The number of benzene rings is 3. The minimum atomic E-state index is -0.797. The maximum absolute atomic E-state index is 12.9. The van der Waals surface area contributed by atoms with Gasteiger partial charge in [0.15, 0.2) is 12.3 Å². The highest BCUT2D eigenvalue weighted by atomic mass is 35.5. The minimum Gasteiger partial charge on any atom is -0.451 e. The molecule has 0 aliphatic heterocycles. The molecular formula is C24H18ClN3O4. The van der Waals surface area contributed by atoms with Gasteiger partial charge in [-0.25, -0.2) is 9.48 Å². The van der Waals surface area contributed by atoms with Crippen LogP contribution < -0.4 is 10.9 Å². The predicted molar refractivity (Wildman–Crippen MR) is 122 cm³/mol. The number of carbonyl (C=O) groups is 2. The van der Waals surface area contributed by atoms with Gasteiger partial charge in [-0.05, 0) is 35.9 Å². The summed E-state index contributed by atoms with van der Waals surface area (Å²) < 4.78 is 6.41. The van der Waals surface area contributed by atoms with Crippen molar-refractivity contribution in [3.8, 4) is 0 Å². The first kappa shape index (κ1) is 21.3. The number of halogens is 1. The van der Waals surface area contributed by atoms with E-state index < -0.39 is 18.5 Å². The zero-order valence-electron chi connectivity index (χ0n) is 16.8. The van der Waals surface area contributed by atoms with E-state index in [0.29, 0.717) is 21.5 Å². The van der Waals surface area contributed by atoms with Crippen molar-refractivity contribution >= 4 is 39.9 Å². The summed E-state index contributed by atoms with van der Waals surface area (Å²) in [6.07, 6.45) is 0. The summed E-state index contributed by atoms with van der Waals surface area (Å²) in [6, 6.07) is 22.5. The maximum Gasteiger partial charge on any atom is 0.359 e. The Kier molecular flexibility index (Phi) is 6.28. The summed E-state index contributed by atoms with van der Waals surface area (Å²) >= 11 is 5.83. The molecule has 0 bridgehead atoms. The first-order chi connectivity index (χ1) is 15.5. The smallest absolute Gasteiger partial charge is 0.359 e. The van der Waals surface area contributed by atoms with Gasteiger partial charge in [0.25, 0.3) is 11.5 Å². The normalized spacial score (nSPS) is 10.7. The van der Waals surface area contributed by atoms with Gasteiger partial charge in [0.05, 0.1) is 11.9 Å². The number of carbonyl (C=O) groups excluding carboxylic acids is 2. The highest BCUT2D eigenvalue weighted by Crippen LogP contribution is 2.16. The molecule has 0 aliphatic rings. The van der Waals surface area contributed by atoms with E-state index in [1.54, 1.807) is 48.5 Å². The zero-order chi connectivity index (χ0) is 22.5. The number of anilines is 1. The SMILES string of the molecule is O=C(COC(=O)c1nn(Cc2ccccc2)c(=O)c2ccccc12)Nc1ccc(Cl)cc1. The molecule has 4 rings (SSSR count). The molecule has 1 amide bonds. The number of nitrogens with zero attached hydrogens (tertiary/aromatic N) is 2. The number of fused-ring (bicyclic) bond motifs is 1. The first-order valence-corrected chi connectivity index (χ1v) is 10.2. The van der Waals surface area contributed by atoms with Crippen molar-refractivity contribution in [2.24, 2.45) is 0 Å². The Morgan fingerprint density at radius 1 is 0.906 bits per heavy atom. The van der Waals surface area contributed by atoms with Crippen LogP contribution in [0, 0.1) is 0 Å². The molecule has 0 unspecified atom stereocenters. The monoisotopic (exact) mass is 447 g/mol. The largest absolute Gasteiger partial charge is 0.451 e. The van der Waals surface area contributed by atoms with Crippen molar-refractivity contribution in [2.45, 2.75) is 6.54 Å². The van der Waals surface area contributed by atoms with Gasteiger partial charge in [-0.3, -0.25) is 9.59 Å². The second kappa shape index (κ2) is 9.45. The third-order valence-corrected chi connectivity index (χ3v) is 4.95. The number of amides is 1. The number of rotatable bonds is 6. The lowest BCUT2D eigenvalue weighted by molar-refractivity contribution is -0.119. The van der Waals surface area contributed by atoms with Crippen LogP contribution in [0.15, 0.2) is 83.7 Å². The topological polar surface area (TPSA) is 90.3 Å². The van der Waals surface area contributed by atoms with Crippen molar-refractivity contribution in [2.75, 3.05) is 11.9 Å². The standard InChI is InChI=1S/C24H18ClN3O4/c25-17-10-12-18(13-11-17)26-21(29)15-32-24(31)22-19-8-4-5-9-20(19)23(30)28(27-22)14-16-6-2-1-3-7-16/h1-13H,14-15H2,(H,26,29). The van der Waals surface area contributed by atoms with E-state index in [9.17, 15) is 14.4 Å². The molecule has 3 aromatic carbocycles. The highest BCUT2D eigenvalue weighted by molar-refractivity contribution is 6.30. The van der Waals surface area contributed by atoms with Gasteiger partial charge >= 0.3 is 5.97 Å². The molecule has 0 saturated carbocycles. The lowest BCUT2D eigenvalue weighted by Gasteiger charge is -2.11. The van der Waals surface area contributed by atoms with E-state index in [-0.39, 0.29) is 17.8 Å². The summed E-state index contributed by atoms with van der Waals surface area (Å²) in [4.78, 5) is 37.8. The summed E-state index contributed by atoms with van der Waals surface area (Å²) in [5.41, 5.74) is 1.03. The molecule has 0 saturated heterocycles. The molecule has 0 spiro atoms. The van der Waals surface area contributed by atoms with E-state index >= 15 is 0 Å². The fraction of sp³-hybridized carbons (Fsp3) is 0.0833. The summed E-state index contributed by atoms with van der Waals surface area (Å²) in [7, 11) is 0. The van der Waals surface area contributed by atoms with Crippen LogP contribution in [0.4, 0.5) is 5.69 Å².